The third-order valence-electron chi connectivity index (χ3n) is 2.76. The fourth-order valence-electron chi connectivity index (χ4n) is 1.81. The molecule has 0 aromatic carbocycles. The average Bonchev–Trinajstić information content (AvgIpc) is 2.85. The number of thiol groups is 1. The van der Waals surface area contributed by atoms with Crippen molar-refractivity contribution in [3.8, 4) is 0 Å². The van der Waals surface area contributed by atoms with Crippen molar-refractivity contribution in [2.45, 2.75) is 19.9 Å². The van der Waals surface area contributed by atoms with Crippen LogP contribution in [-0.4, -0.2) is 33.1 Å². The van der Waals surface area contributed by atoms with Gasteiger partial charge in [-0.3, -0.25) is 9.59 Å². The Kier molecular flexibility index (Phi) is 4.60. The lowest BCUT2D eigenvalue weighted by molar-refractivity contribution is -0.131. The highest BCUT2D eigenvalue weighted by atomic mass is 32.1. The van der Waals surface area contributed by atoms with Gasteiger partial charge in [-0.2, -0.15) is 12.6 Å². The number of hydrogen-bond acceptors (Lipinski definition) is 5. The maximum absolute atomic E-state index is 11.8. The highest BCUT2D eigenvalue weighted by Gasteiger charge is 2.13. The molecule has 0 saturated carbocycles. The Morgan fingerprint density at radius 3 is 3.05 bits per heavy atom. The van der Waals surface area contributed by atoms with Crippen molar-refractivity contribution in [1.29, 1.82) is 0 Å². The minimum Gasteiger partial charge on any atom is -0.335 e. The number of fused-ring (bicyclic) bond motifs is 1. The smallest absolute Gasteiger partial charge is 0.268 e. The molecular weight excluding hydrogens is 282 g/mol. The fraction of sp³-hybridized carbons (Fsp3) is 0.417. The molecule has 2 aromatic heterocycles. The average molecular weight is 297 g/mol. The Hall–Kier alpha value is -1.34. The summed E-state index contributed by atoms with van der Waals surface area (Å²) in [5, 5.41) is 1.83. The van der Waals surface area contributed by atoms with E-state index in [1.165, 1.54) is 11.3 Å². The number of thiophene rings is 1. The SMILES string of the molecule is CCN(Cc1nc2ccsc2c(=O)[nH]1)C(=O)CCS. The Morgan fingerprint density at radius 1 is 1.58 bits per heavy atom. The van der Waals surface area contributed by atoms with Gasteiger partial charge in [-0.05, 0) is 24.1 Å². The maximum atomic E-state index is 11.8. The van der Waals surface area contributed by atoms with Crippen molar-refractivity contribution in [1.82, 2.24) is 14.9 Å². The summed E-state index contributed by atoms with van der Waals surface area (Å²) in [5.74, 6) is 1.05. The van der Waals surface area contributed by atoms with Gasteiger partial charge in [0, 0.05) is 13.0 Å². The van der Waals surface area contributed by atoms with Gasteiger partial charge in [0.2, 0.25) is 5.91 Å². The molecule has 0 saturated heterocycles. The quantitative estimate of drug-likeness (QED) is 0.825. The molecule has 1 N–H and O–H groups in total. The number of nitrogens with one attached hydrogen (secondary N) is 1. The molecule has 0 unspecified atom stereocenters. The summed E-state index contributed by atoms with van der Waals surface area (Å²) in [6.07, 6.45) is 0.391. The normalized spacial score (nSPS) is 10.8. The molecule has 0 fully saturated rings. The van der Waals surface area contributed by atoms with Crippen molar-refractivity contribution < 1.29 is 4.79 Å². The summed E-state index contributed by atoms with van der Waals surface area (Å²) in [7, 11) is 0. The van der Waals surface area contributed by atoms with E-state index in [1.807, 2.05) is 18.4 Å². The van der Waals surface area contributed by atoms with E-state index >= 15 is 0 Å². The van der Waals surface area contributed by atoms with Crippen LogP contribution in [-0.2, 0) is 11.3 Å². The molecule has 2 rings (SSSR count). The third kappa shape index (κ3) is 3.16. The van der Waals surface area contributed by atoms with Gasteiger partial charge in [0.15, 0.2) is 0 Å². The molecule has 1 amide bonds. The zero-order chi connectivity index (χ0) is 13.8. The van der Waals surface area contributed by atoms with Crippen LogP contribution in [0.2, 0.25) is 0 Å². The lowest BCUT2D eigenvalue weighted by Gasteiger charge is -2.19. The van der Waals surface area contributed by atoms with Gasteiger partial charge in [-0.1, -0.05) is 0 Å². The lowest BCUT2D eigenvalue weighted by atomic mass is 10.3. The van der Waals surface area contributed by atoms with Gasteiger partial charge in [0.25, 0.3) is 5.56 Å². The number of aromatic nitrogens is 2. The second kappa shape index (κ2) is 6.21. The van der Waals surface area contributed by atoms with E-state index in [0.717, 1.165) is 0 Å². The minimum absolute atomic E-state index is 0.0190. The highest BCUT2D eigenvalue weighted by Crippen LogP contribution is 2.14. The predicted octanol–water partition coefficient (Wildman–Crippen LogP) is 1.65. The molecule has 0 atom stereocenters. The van der Waals surface area contributed by atoms with E-state index in [9.17, 15) is 9.59 Å². The first-order chi connectivity index (χ1) is 9.15. The highest BCUT2D eigenvalue weighted by molar-refractivity contribution is 7.80. The van der Waals surface area contributed by atoms with Crippen LogP contribution in [0.3, 0.4) is 0 Å². The molecule has 5 nitrogen and oxygen atoms in total. The van der Waals surface area contributed by atoms with Crippen LogP contribution in [0, 0.1) is 0 Å². The standard InChI is InChI=1S/C12H15N3O2S2/c1-2-15(10(16)3-5-18)7-9-13-8-4-6-19-11(8)12(17)14-9/h4,6,18H,2-3,5,7H2,1H3,(H,13,14,17). The summed E-state index contributed by atoms with van der Waals surface area (Å²) in [6, 6.07) is 1.81. The van der Waals surface area contributed by atoms with Crippen molar-refractivity contribution >= 4 is 40.1 Å². The summed E-state index contributed by atoms with van der Waals surface area (Å²) >= 11 is 5.42. The minimum atomic E-state index is -0.146. The first kappa shape index (κ1) is 14.1. The van der Waals surface area contributed by atoms with Crippen molar-refractivity contribution in [2.75, 3.05) is 12.3 Å². The van der Waals surface area contributed by atoms with Gasteiger partial charge in [0.1, 0.15) is 10.5 Å². The molecule has 0 aliphatic carbocycles. The maximum Gasteiger partial charge on any atom is 0.268 e. The van der Waals surface area contributed by atoms with Gasteiger partial charge in [0.05, 0.1) is 12.1 Å². The van der Waals surface area contributed by atoms with Crippen LogP contribution in [0.1, 0.15) is 19.2 Å². The summed E-state index contributed by atoms with van der Waals surface area (Å²) in [4.78, 5) is 32.4. The number of aromatic amines is 1. The fourth-order valence-corrected chi connectivity index (χ4v) is 2.72. The number of carbonyl (C=O) groups excluding carboxylic acids is 1. The second-order valence-corrected chi connectivity index (χ2v) is 5.39. The number of rotatable bonds is 5. The number of hydrogen-bond donors (Lipinski definition) is 2. The third-order valence-corrected chi connectivity index (χ3v) is 3.89. The van der Waals surface area contributed by atoms with Crippen LogP contribution in [0.15, 0.2) is 16.2 Å². The largest absolute Gasteiger partial charge is 0.335 e. The predicted molar refractivity (Wildman–Crippen MR) is 79.8 cm³/mol. The molecular formula is C12H15N3O2S2. The van der Waals surface area contributed by atoms with E-state index in [1.54, 1.807) is 4.90 Å². The number of nitrogens with zero attached hydrogens (tertiary/aromatic N) is 2. The van der Waals surface area contributed by atoms with Crippen LogP contribution in [0.4, 0.5) is 0 Å². The molecule has 0 bridgehead atoms. The zero-order valence-corrected chi connectivity index (χ0v) is 12.3. The summed E-state index contributed by atoms with van der Waals surface area (Å²) < 4.78 is 0.619. The molecule has 0 aliphatic heterocycles. The molecule has 0 aliphatic rings. The molecule has 7 heteroatoms. The van der Waals surface area contributed by atoms with E-state index in [0.29, 0.717) is 41.3 Å². The number of H-pyrrole nitrogens is 1. The molecule has 19 heavy (non-hydrogen) atoms. The van der Waals surface area contributed by atoms with E-state index in [-0.39, 0.29) is 11.5 Å². The Morgan fingerprint density at radius 2 is 2.37 bits per heavy atom. The van der Waals surface area contributed by atoms with Crippen molar-refractivity contribution in [3.05, 3.63) is 27.6 Å². The number of carbonyl (C=O) groups is 1. The topological polar surface area (TPSA) is 66.1 Å². The van der Waals surface area contributed by atoms with Gasteiger partial charge < -0.3 is 9.88 Å². The summed E-state index contributed by atoms with van der Waals surface area (Å²) in [6.45, 7) is 2.81. The van der Waals surface area contributed by atoms with Crippen LogP contribution >= 0.6 is 24.0 Å². The van der Waals surface area contributed by atoms with E-state index in [4.69, 9.17) is 0 Å². The first-order valence-electron chi connectivity index (χ1n) is 6.00. The molecule has 2 heterocycles. The zero-order valence-electron chi connectivity index (χ0n) is 10.5. The first-order valence-corrected chi connectivity index (χ1v) is 7.52. The van der Waals surface area contributed by atoms with Crippen molar-refractivity contribution in [2.24, 2.45) is 0 Å². The second-order valence-electron chi connectivity index (χ2n) is 4.03. The molecule has 102 valence electrons. The monoisotopic (exact) mass is 297 g/mol. The molecule has 2 aromatic rings. The van der Waals surface area contributed by atoms with E-state index in [2.05, 4.69) is 22.6 Å². The van der Waals surface area contributed by atoms with Crippen LogP contribution in [0.25, 0.3) is 10.2 Å². The molecule has 0 radical (unpaired) electrons. The Labute approximate surface area is 120 Å². The molecule has 0 spiro atoms. The Bertz CT molecular complexity index is 635. The Balaban J connectivity index is 2.24. The van der Waals surface area contributed by atoms with Gasteiger partial charge >= 0.3 is 0 Å². The van der Waals surface area contributed by atoms with Crippen LogP contribution in [0.5, 0.6) is 0 Å². The van der Waals surface area contributed by atoms with Crippen LogP contribution < -0.4 is 5.56 Å². The van der Waals surface area contributed by atoms with Gasteiger partial charge in [-0.15, -0.1) is 11.3 Å². The van der Waals surface area contributed by atoms with Crippen molar-refractivity contribution in [3.63, 3.8) is 0 Å². The van der Waals surface area contributed by atoms with E-state index < -0.39 is 0 Å². The lowest BCUT2D eigenvalue weighted by Crippen LogP contribution is -2.31. The van der Waals surface area contributed by atoms with Gasteiger partial charge in [-0.25, -0.2) is 4.98 Å². The number of amides is 1. The summed E-state index contributed by atoms with van der Waals surface area (Å²) in [5.41, 5.74) is 0.536.